The Hall–Kier alpha value is -1.55. The van der Waals surface area contributed by atoms with Crippen LogP contribution in [0, 0.1) is 12.8 Å². The van der Waals surface area contributed by atoms with Crippen molar-refractivity contribution in [2.24, 2.45) is 5.92 Å². The van der Waals surface area contributed by atoms with E-state index in [0.29, 0.717) is 12.3 Å². The predicted octanol–water partition coefficient (Wildman–Crippen LogP) is 2.43. The first-order chi connectivity index (χ1) is 10.1. The molecule has 1 aromatic rings. The summed E-state index contributed by atoms with van der Waals surface area (Å²) in [4.78, 5) is 11.8. The van der Waals surface area contributed by atoms with Crippen molar-refractivity contribution in [3.05, 3.63) is 29.8 Å². The number of aryl methyl sites for hydroxylation is 1. The van der Waals surface area contributed by atoms with Gasteiger partial charge in [-0.05, 0) is 43.4 Å². The molecule has 1 fully saturated rings. The maximum Gasteiger partial charge on any atom is 0.220 e. The second-order valence-electron chi connectivity index (χ2n) is 5.94. The molecule has 0 heterocycles. The van der Waals surface area contributed by atoms with Crippen LogP contribution in [0.4, 0.5) is 0 Å². The fourth-order valence-electron chi connectivity index (χ4n) is 2.74. The van der Waals surface area contributed by atoms with E-state index in [4.69, 9.17) is 4.74 Å². The summed E-state index contributed by atoms with van der Waals surface area (Å²) in [7, 11) is 0. The van der Waals surface area contributed by atoms with Crippen LogP contribution in [0.1, 0.15) is 37.7 Å². The van der Waals surface area contributed by atoms with Crippen LogP contribution in [-0.4, -0.2) is 30.3 Å². The number of hydrogen-bond acceptors (Lipinski definition) is 3. The molecule has 4 heteroatoms. The summed E-state index contributed by atoms with van der Waals surface area (Å²) in [5, 5.41) is 12.6. The zero-order chi connectivity index (χ0) is 15.1. The summed E-state index contributed by atoms with van der Waals surface area (Å²) in [5.41, 5.74) is 1.12. The van der Waals surface area contributed by atoms with Gasteiger partial charge in [0.2, 0.25) is 5.91 Å². The summed E-state index contributed by atoms with van der Waals surface area (Å²) in [6.07, 6.45) is 4.71. The standard InChI is InChI=1S/C17H25NO3/c1-13-5-4-8-16(9-13)21-12-15(19)11-18-17(20)10-14-6-2-3-7-14/h4-5,8-9,14-15,19H,2-3,6-7,10-12H2,1H3,(H,18,20). The molecule has 1 unspecified atom stereocenters. The number of nitrogens with one attached hydrogen (secondary N) is 1. The number of ether oxygens (including phenoxy) is 1. The Morgan fingerprint density at radius 1 is 1.43 bits per heavy atom. The number of rotatable bonds is 7. The summed E-state index contributed by atoms with van der Waals surface area (Å²) >= 11 is 0. The molecule has 21 heavy (non-hydrogen) atoms. The SMILES string of the molecule is Cc1cccc(OCC(O)CNC(=O)CC2CCCC2)c1. The van der Waals surface area contributed by atoms with Crippen LogP contribution >= 0.6 is 0 Å². The van der Waals surface area contributed by atoms with Gasteiger partial charge in [-0.1, -0.05) is 25.0 Å². The Labute approximate surface area is 126 Å². The monoisotopic (exact) mass is 291 g/mol. The molecule has 1 aromatic carbocycles. The van der Waals surface area contributed by atoms with Crippen molar-refractivity contribution in [2.75, 3.05) is 13.2 Å². The van der Waals surface area contributed by atoms with Crippen LogP contribution in [0.25, 0.3) is 0 Å². The van der Waals surface area contributed by atoms with Crippen LogP contribution < -0.4 is 10.1 Å². The van der Waals surface area contributed by atoms with Crippen LogP contribution in [0.2, 0.25) is 0 Å². The van der Waals surface area contributed by atoms with Gasteiger partial charge in [0.15, 0.2) is 0 Å². The number of aliphatic hydroxyl groups is 1. The minimum atomic E-state index is -0.682. The van der Waals surface area contributed by atoms with Crippen molar-refractivity contribution >= 4 is 5.91 Å². The van der Waals surface area contributed by atoms with Crippen molar-refractivity contribution in [2.45, 2.75) is 45.1 Å². The Morgan fingerprint density at radius 3 is 2.90 bits per heavy atom. The zero-order valence-electron chi connectivity index (χ0n) is 12.7. The van der Waals surface area contributed by atoms with Gasteiger partial charge in [-0.25, -0.2) is 0 Å². The Kier molecular flexibility index (Phi) is 6.05. The summed E-state index contributed by atoms with van der Waals surface area (Å²) in [6.45, 7) is 2.43. The van der Waals surface area contributed by atoms with E-state index in [0.717, 1.165) is 24.2 Å². The molecule has 1 aliphatic carbocycles. The van der Waals surface area contributed by atoms with Gasteiger partial charge in [0, 0.05) is 13.0 Å². The average molecular weight is 291 g/mol. The quantitative estimate of drug-likeness (QED) is 0.811. The van der Waals surface area contributed by atoms with Gasteiger partial charge in [0.1, 0.15) is 18.5 Å². The Morgan fingerprint density at radius 2 is 2.19 bits per heavy atom. The van der Waals surface area contributed by atoms with E-state index in [1.807, 2.05) is 31.2 Å². The number of carbonyl (C=O) groups is 1. The van der Waals surface area contributed by atoms with Gasteiger partial charge in [-0.2, -0.15) is 0 Å². The highest BCUT2D eigenvalue weighted by atomic mass is 16.5. The maximum atomic E-state index is 11.8. The van der Waals surface area contributed by atoms with Gasteiger partial charge in [-0.15, -0.1) is 0 Å². The topological polar surface area (TPSA) is 58.6 Å². The molecule has 0 spiro atoms. The van der Waals surface area contributed by atoms with Crippen molar-refractivity contribution in [3.8, 4) is 5.75 Å². The lowest BCUT2D eigenvalue weighted by atomic mass is 10.0. The first-order valence-corrected chi connectivity index (χ1v) is 7.77. The van der Waals surface area contributed by atoms with Gasteiger partial charge in [-0.3, -0.25) is 4.79 Å². The van der Waals surface area contributed by atoms with E-state index in [9.17, 15) is 9.90 Å². The first-order valence-electron chi connectivity index (χ1n) is 7.77. The highest BCUT2D eigenvalue weighted by molar-refractivity contribution is 5.76. The summed E-state index contributed by atoms with van der Waals surface area (Å²) < 4.78 is 5.51. The molecule has 116 valence electrons. The fourth-order valence-corrected chi connectivity index (χ4v) is 2.74. The van der Waals surface area contributed by atoms with Crippen LogP contribution in [-0.2, 0) is 4.79 Å². The fraction of sp³-hybridized carbons (Fsp3) is 0.588. The minimum absolute atomic E-state index is 0.0384. The lowest BCUT2D eigenvalue weighted by molar-refractivity contribution is -0.122. The lowest BCUT2D eigenvalue weighted by Crippen LogP contribution is -2.35. The number of amides is 1. The molecule has 0 aliphatic heterocycles. The zero-order valence-corrected chi connectivity index (χ0v) is 12.7. The third-order valence-electron chi connectivity index (χ3n) is 3.92. The number of benzene rings is 1. The lowest BCUT2D eigenvalue weighted by Gasteiger charge is -2.14. The predicted molar refractivity (Wildman–Crippen MR) is 82.3 cm³/mol. The first kappa shape index (κ1) is 15.8. The van der Waals surface area contributed by atoms with Gasteiger partial charge in [0.25, 0.3) is 0 Å². The smallest absolute Gasteiger partial charge is 0.220 e. The minimum Gasteiger partial charge on any atom is -0.491 e. The molecule has 4 nitrogen and oxygen atoms in total. The number of hydrogen-bond donors (Lipinski definition) is 2. The van der Waals surface area contributed by atoms with Gasteiger partial charge >= 0.3 is 0 Å². The van der Waals surface area contributed by atoms with Crippen molar-refractivity contribution in [3.63, 3.8) is 0 Å². The third-order valence-corrected chi connectivity index (χ3v) is 3.92. The van der Waals surface area contributed by atoms with Crippen molar-refractivity contribution in [1.29, 1.82) is 0 Å². The van der Waals surface area contributed by atoms with Crippen LogP contribution in [0.3, 0.4) is 0 Å². The molecule has 1 saturated carbocycles. The highest BCUT2D eigenvalue weighted by Gasteiger charge is 2.18. The van der Waals surface area contributed by atoms with E-state index in [2.05, 4.69) is 5.32 Å². The normalized spacial score (nSPS) is 16.7. The molecule has 0 bridgehead atoms. The molecular weight excluding hydrogens is 266 g/mol. The van der Waals surface area contributed by atoms with E-state index < -0.39 is 6.10 Å². The molecule has 1 aliphatic rings. The number of carbonyl (C=O) groups excluding carboxylic acids is 1. The van der Waals surface area contributed by atoms with Gasteiger partial charge < -0.3 is 15.2 Å². The molecule has 0 saturated heterocycles. The Bertz CT molecular complexity index is 455. The van der Waals surface area contributed by atoms with E-state index in [1.165, 1.54) is 12.8 Å². The van der Waals surface area contributed by atoms with E-state index in [-0.39, 0.29) is 19.1 Å². The summed E-state index contributed by atoms with van der Waals surface area (Å²) in [5.74, 6) is 1.31. The largest absolute Gasteiger partial charge is 0.491 e. The van der Waals surface area contributed by atoms with Gasteiger partial charge in [0.05, 0.1) is 0 Å². The maximum absolute atomic E-state index is 11.8. The Balaban J connectivity index is 1.62. The second kappa shape index (κ2) is 8.03. The summed E-state index contributed by atoms with van der Waals surface area (Å²) in [6, 6.07) is 7.69. The van der Waals surface area contributed by atoms with E-state index >= 15 is 0 Å². The highest BCUT2D eigenvalue weighted by Crippen LogP contribution is 2.27. The molecule has 2 N–H and O–H groups in total. The number of aliphatic hydroxyl groups excluding tert-OH is 1. The molecule has 0 radical (unpaired) electrons. The molecule has 0 aromatic heterocycles. The van der Waals surface area contributed by atoms with Crippen molar-refractivity contribution < 1.29 is 14.6 Å². The second-order valence-corrected chi connectivity index (χ2v) is 5.94. The van der Waals surface area contributed by atoms with Crippen LogP contribution in [0.15, 0.2) is 24.3 Å². The average Bonchev–Trinajstić information content (AvgIpc) is 2.96. The molecule has 1 atom stereocenters. The van der Waals surface area contributed by atoms with Crippen molar-refractivity contribution in [1.82, 2.24) is 5.32 Å². The van der Waals surface area contributed by atoms with E-state index in [1.54, 1.807) is 0 Å². The molecule has 1 amide bonds. The third kappa shape index (κ3) is 5.76. The molecule has 2 rings (SSSR count). The van der Waals surface area contributed by atoms with Crippen LogP contribution in [0.5, 0.6) is 5.75 Å². The molecular formula is C17H25NO3.